The number of hydrogen-bond acceptors (Lipinski definition) is 6. The number of nitro groups is 1. The van der Waals surface area contributed by atoms with E-state index in [9.17, 15) is 23.3 Å². The van der Waals surface area contributed by atoms with Gasteiger partial charge in [-0.15, -0.1) is 0 Å². The molecule has 1 amide bonds. The van der Waals surface area contributed by atoms with Crippen molar-refractivity contribution < 1.29 is 18.1 Å². The first-order valence-corrected chi connectivity index (χ1v) is 11.0. The number of nitrogens with zero attached hydrogens (tertiary/aromatic N) is 3. The van der Waals surface area contributed by atoms with E-state index in [4.69, 9.17) is 5.73 Å². The summed E-state index contributed by atoms with van der Waals surface area (Å²) in [6.07, 6.45) is 0. The SMILES string of the molecule is Cc1nc2c(S(=O)(=O)c3ccccc3)cc(C(N)=O)cc2n1Cc1ccccc1[N+](=O)[O-]. The van der Waals surface area contributed by atoms with E-state index in [0.717, 1.165) is 0 Å². The minimum absolute atomic E-state index is 0.00397. The third-order valence-electron chi connectivity index (χ3n) is 5.15. The molecule has 4 rings (SSSR count). The number of amides is 1. The number of aromatic nitrogens is 2. The lowest BCUT2D eigenvalue weighted by Crippen LogP contribution is -2.13. The summed E-state index contributed by atoms with van der Waals surface area (Å²) in [5.41, 5.74) is 6.31. The van der Waals surface area contributed by atoms with Crippen LogP contribution in [-0.4, -0.2) is 28.8 Å². The second-order valence-electron chi connectivity index (χ2n) is 7.15. The maximum absolute atomic E-state index is 13.4. The van der Waals surface area contributed by atoms with Crippen molar-refractivity contribution in [2.24, 2.45) is 5.73 Å². The standard InChI is InChI=1S/C22H18N4O5S/c1-14-24-21-19(25(14)13-15-7-5-6-10-18(15)26(28)29)11-16(22(23)27)12-20(21)32(30,31)17-8-3-2-4-9-17/h2-12H,13H2,1H3,(H2,23,27). The fourth-order valence-electron chi connectivity index (χ4n) is 3.57. The van der Waals surface area contributed by atoms with Crippen LogP contribution in [0.25, 0.3) is 11.0 Å². The molecule has 4 aromatic rings. The lowest BCUT2D eigenvalue weighted by atomic mass is 10.1. The van der Waals surface area contributed by atoms with Gasteiger partial charge in [-0.2, -0.15) is 0 Å². The van der Waals surface area contributed by atoms with Gasteiger partial charge in [-0.05, 0) is 31.2 Å². The highest BCUT2D eigenvalue weighted by Crippen LogP contribution is 2.31. The normalized spacial score (nSPS) is 11.5. The van der Waals surface area contributed by atoms with Crippen LogP contribution in [0.4, 0.5) is 5.69 Å². The van der Waals surface area contributed by atoms with Crippen molar-refractivity contribution in [2.75, 3.05) is 0 Å². The van der Waals surface area contributed by atoms with Gasteiger partial charge >= 0.3 is 0 Å². The van der Waals surface area contributed by atoms with Gasteiger partial charge in [-0.25, -0.2) is 13.4 Å². The minimum Gasteiger partial charge on any atom is -0.366 e. The number of rotatable bonds is 6. The number of nitrogens with two attached hydrogens (primary N) is 1. The van der Waals surface area contributed by atoms with Crippen molar-refractivity contribution in [2.45, 2.75) is 23.3 Å². The summed E-state index contributed by atoms with van der Waals surface area (Å²) < 4.78 is 28.3. The van der Waals surface area contributed by atoms with Gasteiger partial charge in [-0.1, -0.05) is 36.4 Å². The summed E-state index contributed by atoms with van der Waals surface area (Å²) in [4.78, 5) is 27.3. The Morgan fingerprint density at radius 1 is 1.09 bits per heavy atom. The minimum atomic E-state index is -4.01. The monoisotopic (exact) mass is 450 g/mol. The predicted octanol–water partition coefficient (Wildman–Crippen LogP) is 3.23. The first-order chi connectivity index (χ1) is 15.2. The van der Waals surface area contributed by atoms with Crippen molar-refractivity contribution in [3.8, 4) is 0 Å². The average molecular weight is 450 g/mol. The van der Waals surface area contributed by atoms with Crippen molar-refractivity contribution >= 4 is 32.5 Å². The molecule has 0 radical (unpaired) electrons. The topological polar surface area (TPSA) is 138 Å². The first kappa shape index (κ1) is 21.2. The van der Waals surface area contributed by atoms with E-state index in [1.54, 1.807) is 47.9 Å². The summed E-state index contributed by atoms with van der Waals surface area (Å²) >= 11 is 0. The molecule has 0 spiro atoms. The molecule has 1 heterocycles. The number of carbonyl (C=O) groups excluding carboxylic acids is 1. The second-order valence-corrected chi connectivity index (χ2v) is 9.07. The molecule has 0 aliphatic rings. The summed E-state index contributed by atoms with van der Waals surface area (Å²) in [5.74, 6) is -0.364. The summed E-state index contributed by atoms with van der Waals surface area (Å²) in [6.45, 7) is 1.73. The van der Waals surface area contributed by atoms with Crippen molar-refractivity contribution in [1.29, 1.82) is 0 Å². The van der Waals surface area contributed by atoms with Crippen LogP contribution in [0.3, 0.4) is 0 Å². The number of benzene rings is 3. The summed E-state index contributed by atoms with van der Waals surface area (Å²) in [5, 5.41) is 11.4. The van der Waals surface area contributed by atoms with Crippen molar-refractivity contribution in [1.82, 2.24) is 9.55 Å². The van der Waals surface area contributed by atoms with Gasteiger partial charge in [0.1, 0.15) is 16.2 Å². The van der Waals surface area contributed by atoms with Crippen LogP contribution in [0, 0.1) is 17.0 Å². The fraction of sp³-hybridized carbons (Fsp3) is 0.0909. The number of nitro benzene ring substituents is 1. The molecule has 0 unspecified atom stereocenters. The fourth-order valence-corrected chi connectivity index (χ4v) is 5.03. The smallest absolute Gasteiger partial charge is 0.274 e. The quantitative estimate of drug-likeness (QED) is 0.353. The zero-order valence-corrected chi connectivity index (χ0v) is 17.7. The number of imidazole rings is 1. The van der Waals surface area contributed by atoms with Crippen LogP contribution in [0.5, 0.6) is 0 Å². The van der Waals surface area contributed by atoms with E-state index in [-0.39, 0.29) is 33.1 Å². The molecule has 0 saturated heterocycles. The van der Waals surface area contributed by atoms with Gasteiger partial charge in [0.15, 0.2) is 0 Å². The van der Waals surface area contributed by atoms with Gasteiger partial charge in [0, 0.05) is 17.2 Å². The lowest BCUT2D eigenvalue weighted by Gasteiger charge is -2.10. The van der Waals surface area contributed by atoms with E-state index in [0.29, 0.717) is 16.9 Å². The van der Waals surface area contributed by atoms with E-state index in [2.05, 4.69) is 4.98 Å². The Hall–Kier alpha value is -4.05. The third-order valence-corrected chi connectivity index (χ3v) is 6.94. The molecule has 0 atom stereocenters. The maximum atomic E-state index is 13.4. The zero-order chi connectivity index (χ0) is 23.0. The van der Waals surface area contributed by atoms with Gasteiger partial charge in [0.25, 0.3) is 5.69 Å². The zero-order valence-electron chi connectivity index (χ0n) is 16.9. The summed E-state index contributed by atoms with van der Waals surface area (Å²) in [7, 11) is -4.01. The molecule has 0 aliphatic heterocycles. The molecule has 3 aromatic carbocycles. The number of para-hydroxylation sites is 1. The van der Waals surface area contributed by atoms with E-state index in [1.807, 2.05) is 0 Å². The number of primary amides is 1. The van der Waals surface area contributed by atoms with E-state index in [1.165, 1.54) is 30.3 Å². The van der Waals surface area contributed by atoms with Gasteiger partial charge in [0.2, 0.25) is 15.7 Å². The van der Waals surface area contributed by atoms with Crippen LogP contribution >= 0.6 is 0 Å². The highest BCUT2D eigenvalue weighted by molar-refractivity contribution is 7.91. The largest absolute Gasteiger partial charge is 0.366 e. The van der Waals surface area contributed by atoms with Crippen LogP contribution in [0.15, 0.2) is 76.5 Å². The molecular formula is C22H18N4O5S. The molecule has 9 nitrogen and oxygen atoms in total. The number of hydrogen-bond donors (Lipinski definition) is 1. The number of aryl methyl sites for hydroxylation is 1. The third kappa shape index (κ3) is 3.60. The number of fused-ring (bicyclic) bond motifs is 1. The van der Waals surface area contributed by atoms with Crippen molar-refractivity contribution in [3.63, 3.8) is 0 Å². The average Bonchev–Trinajstić information content (AvgIpc) is 3.08. The molecule has 2 N–H and O–H groups in total. The Kier molecular flexibility index (Phi) is 5.23. The Morgan fingerprint density at radius 2 is 1.75 bits per heavy atom. The Bertz CT molecular complexity index is 1480. The molecule has 0 bridgehead atoms. The number of sulfone groups is 1. The van der Waals surface area contributed by atoms with Crippen LogP contribution in [0.1, 0.15) is 21.7 Å². The number of carbonyl (C=O) groups is 1. The first-order valence-electron chi connectivity index (χ1n) is 9.53. The molecule has 162 valence electrons. The molecule has 0 aliphatic carbocycles. The lowest BCUT2D eigenvalue weighted by molar-refractivity contribution is -0.385. The molecule has 10 heteroatoms. The van der Waals surface area contributed by atoms with E-state index < -0.39 is 20.7 Å². The van der Waals surface area contributed by atoms with Crippen molar-refractivity contribution in [3.05, 3.63) is 93.8 Å². The molecular weight excluding hydrogens is 432 g/mol. The van der Waals surface area contributed by atoms with Gasteiger partial charge < -0.3 is 10.3 Å². The van der Waals surface area contributed by atoms with Crippen LogP contribution < -0.4 is 5.73 Å². The van der Waals surface area contributed by atoms with Crippen LogP contribution in [-0.2, 0) is 16.4 Å². The highest BCUT2D eigenvalue weighted by atomic mass is 32.2. The Labute approximate surface area is 183 Å². The Morgan fingerprint density at radius 3 is 2.41 bits per heavy atom. The van der Waals surface area contributed by atoms with Crippen LogP contribution in [0.2, 0.25) is 0 Å². The van der Waals surface area contributed by atoms with Gasteiger partial charge in [-0.3, -0.25) is 14.9 Å². The van der Waals surface area contributed by atoms with Gasteiger partial charge in [0.05, 0.1) is 21.9 Å². The maximum Gasteiger partial charge on any atom is 0.274 e. The van der Waals surface area contributed by atoms with E-state index >= 15 is 0 Å². The highest BCUT2D eigenvalue weighted by Gasteiger charge is 2.26. The Balaban J connectivity index is 1.98. The summed E-state index contributed by atoms with van der Waals surface area (Å²) in [6, 6.07) is 16.7. The molecule has 32 heavy (non-hydrogen) atoms. The predicted molar refractivity (Wildman–Crippen MR) is 117 cm³/mol. The molecule has 1 aromatic heterocycles. The second kappa shape index (κ2) is 7.89. The molecule has 0 fully saturated rings. The molecule has 0 saturated carbocycles.